The molecule has 5 nitrogen and oxygen atoms in total. The minimum absolute atomic E-state index is 0.118. The summed E-state index contributed by atoms with van der Waals surface area (Å²) in [4.78, 5) is 22.2. The minimum Gasteiger partial charge on any atom is -0.357 e. The zero-order valence-corrected chi connectivity index (χ0v) is 10.3. The van der Waals surface area contributed by atoms with Gasteiger partial charge in [-0.3, -0.25) is 4.79 Å². The van der Waals surface area contributed by atoms with E-state index in [2.05, 4.69) is 20.2 Å². The van der Waals surface area contributed by atoms with Crippen molar-refractivity contribution < 1.29 is 4.79 Å². The third kappa shape index (κ3) is 2.93. The van der Waals surface area contributed by atoms with Crippen LogP contribution in [0, 0.1) is 0 Å². The predicted octanol–water partition coefficient (Wildman–Crippen LogP) is 1.21. The second-order valence-electron chi connectivity index (χ2n) is 4.58. The molecule has 17 heavy (non-hydrogen) atoms. The summed E-state index contributed by atoms with van der Waals surface area (Å²) in [6, 6.07) is 1.89. The zero-order valence-electron chi connectivity index (χ0n) is 10.3. The van der Waals surface area contributed by atoms with Crippen LogP contribution in [0.25, 0.3) is 0 Å². The SMILES string of the molecule is CC(C)NC(=O)c1cc(N2CCCC2)ncn1. The molecular formula is C12H18N4O. The summed E-state index contributed by atoms with van der Waals surface area (Å²) in [5.74, 6) is 0.717. The first kappa shape index (κ1) is 11.8. The Bertz CT molecular complexity index is 399. The van der Waals surface area contributed by atoms with E-state index in [4.69, 9.17) is 0 Å². The van der Waals surface area contributed by atoms with Crippen LogP contribution in [0.4, 0.5) is 5.82 Å². The Kier molecular flexibility index (Phi) is 3.56. The monoisotopic (exact) mass is 234 g/mol. The molecule has 0 unspecified atom stereocenters. The molecule has 0 bridgehead atoms. The van der Waals surface area contributed by atoms with Crippen LogP contribution in [0.5, 0.6) is 0 Å². The molecule has 0 atom stereocenters. The Morgan fingerprint density at radius 1 is 1.35 bits per heavy atom. The van der Waals surface area contributed by atoms with Crippen molar-refractivity contribution in [2.45, 2.75) is 32.7 Å². The van der Waals surface area contributed by atoms with E-state index in [0.29, 0.717) is 5.69 Å². The second-order valence-corrected chi connectivity index (χ2v) is 4.58. The van der Waals surface area contributed by atoms with Crippen molar-refractivity contribution in [3.05, 3.63) is 18.1 Å². The number of carbonyl (C=O) groups excluding carboxylic acids is 1. The smallest absolute Gasteiger partial charge is 0.270 e. The first-order valence-electron chi connectivity index (χ1n) is 6.04. The van der Waals surface area contributed by atoms with Gasteiger partial charge in [0.2, 0.25) is 0 Å². The molecule has 0 aromatic carbocycles. The number of nitrogens with one attached hydrogen (secondary N) is 1. The Morgan fingerprint density at radius 3 is 2.71 bits per heavy atom. The highest BCUT2D eigenvalue weighted by molar-refractivity contribution is 5.93. The predicted molar refractivity (Wildman–Crippen MR) is 66.1 cm³/mol. The third-order valence-electron chi connectivity index (χ3n) is 2.74. The molecule has 92 valence electrons. The van der Waals surface area contributed by atoms with Crippen LogP contribution in [0.1, 0.15) is 37.2 Å². The number of nitrogens with zero attached hydrogens (tertiary/aromatic N) is 3. The highest BCUT2D eigenvalue weighted by Crippen LogP contribution is 2.17. The van der Waals surface area contributed by atoms with E-state index in [1.807, 2.05) is 13.8 Å². The quantitative estimate of drug-likeness (QED) is 0.854. The van der Waals surface area contributed by atoms with E-state index in [1.54, 1.807) is 6.07 Å². The zero-order chi connectivity index (χ0) is 12.3. The van der Waals surface area contributed by atoms with Gasteiger partial charge >= 0.3 is 0 Å². The Labute approximate surface area is 101 Å². The molecule has 1 aliphatic rings. The van der Waals surface area contributed by atoms with Crippen LogP contribution in [0.15, 0.2) is 12.4 Å². The summed E-state index contributed by atoms with van der Waals surface area (Å²) in [5, 5.41) is 2.83. The number of anilines is 1. The van der Waals surface area contributed by atoms with Crippen molar-refractivity contribution in [2.24, 2.45) is 0 Å². The fourth-order valence-corrected chi connectivity index (χ4v) is 1.93. The molecule has 2 heterocycles. The van der Waals surface area contributed by atoms with Crippen LogP contribution in [0.3, 0.4) is 0 Å². The molecule has 1 aromatic rings. The second kappa shape index (κ2) is 5.12. The van der Waals surface area contributed by atoms with Gasteiger partial charge in [-0.2, -0.15) is 0 Å². The third-order valence-corrected chi connectivity index (χ3v) is 2.74. The van der Waals surface area contributed by atoms with E-state index >= 15 is 0 Å². The van der Waals surface area contributed by atoms with Crippen LogP contribution < -0.4 is 10.2 Å². The van der Waals surface area contributed by atoms with E-state index in [-0.39, 0.29) is 11.9 Å². The van der Waals surface area contributed by atoms with Gasteiger partial charge < -0.3 is 10.2 Å². The lowest BCUT2D eigenvalue weighted by atomic mass is 10.3. The number of aromatic nitrogens is 2. The number of amides is 1. The van der Waals surface area contributed by atoms with Crippen molar-refractivity contribution in [3.63, 3.8) is 0 Å². The van der Waals surface area contributed by atoms with Crippen molar-refractivity contribution in [1.82, 2.24) is 15.3 Å². The summed E-state index contributed by atoms with van der Waals surface area (Å²) < 4.78 is 0. The van der Waals surface area contributed by atoms with Crippen molar-refractivity contribution >= 4 is 11.7 Å². The molecule has 1 saturated heterocycles. The lowest BCUT2D eigenvalue weighted by molar-refractivity contribution is 0.0938. The number of hydrogen-bond donors (Lipinski definition) is 1. The average molecular weight is 234 g/mol. The van der Waals surface area contributed by atoms with Gasteiger partial charge in [0.1, 0.15) is 17.8 Å². The van der Waals surface area contributed by atoms with Crippen LogP contribution in [0.2, 0.25) is 0 Å². The fraction of sp³-hybridized carbons (Fsp3) is 0.583. The summed E-state index contributed by atoms with van der Waals surface area (Å²) in [5.41, 5.74) is 0.440. The van der Waals surface area contributed by atoms with Gasteiger partial charge in [-0.25, -0.2) is 9.97 Å². The number of hydrogen-bond acceptors (Lipinski definition) is 4. The molecule has 0 saturated carbocycles. The van der Waals surface area contributed by atoms with Gasteiger partial charge in [-0.15, -0.1) is 0 Å². The molecule has 1 aromatic heterocycles. The molecule has 2 rings (SSSR count). The van der Waals surface area contributed by atoms with Crippen LogP contribution in [-0.4, -0.2) is 35.0 Å². The topological polar surface area (TPSA) is 58.1 Å². The molecule has 1 fully saturated rings. The normalized spacial score (nSPS) is 15.4. The van der Waals surface area contributed by atoms with E-state index in [9.17, 15) is 4.79 Å². The molecular weight excluding hydrogens is 216 g/mol. The maximum atomic E-state index is 11.8. The molecule has 1 N–H and O–H groups in total. The maximum Gasteiger partial charge on any atom is 0.270 e. The van der Waals surface area contributed by atoms with E-state index in [0.717, 1.165) is 18.9 Å². The summed E-state index contributed by atoms with van der Waals surface area (Å²) in [6.45, 7) is 5.89. The Hall–Kier alpha value is -1.65. The highest BCUT2D eigenvalue weighted by atomic mass is 16.1. The average Bonchev–Trinajstić information content (AvgIpc) is 2.82. The molecule has 0 spiro atoms. The van der Waals surface area contributed by atoms with Crippen molar-refractivity contribution in [1.29, 1.82) is 0 Å². The summed E-state index contributed by atoms with van der Waals surface area (Å²) in [6.07, 6.45) is 3.85. The fourth-order valence-electron chi connectivity index (χ4n) is 1.93. The molecule has 1 amide bonds. The highest BCUT2D eigenvalue weighted by Gasteiger charge is 2.16. The van der Waals surface area contributed by atoms with E-state index < -0.39 is 0 Å². The van der Waals surface area contributed by atoms with Gasteiger partial charge in [0, 0.05) is 25.2 Å². The standard InChI is InChI=1S/C12H18N4O/c1-9(2)15-12(17)10-7-11(14-8-13-10)16-5-3-4-6-16/h7-9H,3-6H2,1-2H3,(H,15,17). The first-order chi connectivity index (χ1) is 8.16. The maximum absolute atomic E-state index is 11.8. The minimum atomic E-state index is -0.136. The van der Waals surface area contributed by atoms with Gasteiger partial charge in [0.15, 0.2) is 0 Å². The van der Waals surface area contributed by atoms with Gasteiger partial charge in [0.25, 0.3) is 5.91 Å². The van der Waals surface area contributed by atoms with Crippen LogP contribution in [-0.2, 0) is 0 Å². The van der Waals surface area contributed by atoms with Crippen molar-refractivity contribution in [3.8, 4) is 0 Å². The Morgan fingerprint density at radius 2 is 2.06 bits per heavy atom. The molecule has 0 radical (unpaired) electrons. The van der Waals surface area contributed by atoms with Gasteiger partial charge in [-0.05, 0) is 26.7 Å². The first-order valence-corrected chi connectivity index (χ1v) is 6.04. The number of rotatable bonds is 3. The van der Waals surface area contributed by atoms with E-state index in [1.165, 1.54) is 19.2 Å². The largest absolute Gasteiger partial charge is 0.357 e. The van der Waals surface area contributed by atoms with Gasteiger partial charge in [-0.1, -0.05) is 0 Å². The lowest BCUT2D eigenvalue weighted by Crippen LogP contribution is -2.31. The summed E-state index contributed by atoms with van der Waals surface area (Å²) >= 11 is 0. The van der Waals surface area contributed by atoms with Gasteiger partial charge in [0.05, 0.1) is 0 Å². The van der Waals surface area contributed by atoms with Crippen LogP contribution >= 0.6 is 0 Å². The number of carbonyl (C=O) groups is 1. The summed E-state index contributed by atoms with van der Waals surface area (Å²) in [7, 11) is 0. The molecule has 0 aliphatic carbocycles. The molecule has 5 heteroatoms. The Balaban J connectivity index is 2.13. The lowest BCUT2D eigenvalue weighted by Gasteiger charge is -2.16. The van der Waals surface area contributed by atoms with Crippen molar-refractivity contribution in [2.75, 3.05) is 18.0 Å². The molecule has 1 aliphatic heterocycles.